The summed E-state index contributed by atoms with van der Waals surface area (Å²) in [6, 6.07) is 6.81. The van der Waals surface area contributed by atoms with E-state index in [1.54, 1.807) is 18.3 Å². The lowest BCUT2D eigenvalue weighted by molar-refractivity contribution is 0.630. The van der Waals surface area contributed by atoms with Gasteiger partial charge in [-0.2, -0.15) is 0 Å². The first-order valence-electron chi connectivity index (χ1n) is 4.64. The summed E-state index contributed by atoms with van der Waals surface area (Å²) < 4.78 is 13.6. The standard InChI is InChI=1S/C12H11FN2/c1-8-2-3-11(12(13)4-8)9-5-10(14)7-15-6-9/h2-7H,14H2,1H3. The van der Waals surface area contributed by atoms with E-state index in [4.69, 9.17) is 5.73 Å². The molecule has 1 heterocycles. The third-order valence-corrected chi connectivity index (χ3v) is 2.19. The number of halogens is 1. The average Bonchev–Trinajstić information content (AvgIpc) is 2.17. The second-order valence-corrected chi connectivity index (χ2v) is 3.49. The summed E-state index contributed by atoms with van der Waals surface area (Å²) in [6.07, 6.45) is 3.14. The molecule has 0 amide bonds. The molecule has 2 aromatic rings. The minimum absolute atomic E-state index is 0.248. The summed E-state index contributed by atoms with van der Waals surface area (Å²) in [5.41, 5.74) is 8.25. The van der Waals surface area contributed by atoms with Crippen molar-refractivity contribution in [1.82, 2.24) is 4.98 Å². The number of pyridine rings is 1. The monoisotopic (exact) mass is 202 g/mol. The van der Waals surface area contributed by atoms with Gasteiger partial charge in [0.2, 0.25) is 0 Å². The Morgan fingerprint density at radius 1 is 1.20 bits per heavy atom. The summed E-state index contributed by atoms with van der Waals surface area (Å²) in [5, 5.41) is 0. The topological polar surface area (TPSA) is 38.9 Å². The molecule has 0 radical (unpaired) electrons. The number of aromatic nitrogens is 1. The van der Waals surface area contributed by atoms with Gasteiger partial charge in [0, 0.05) is 23.5 Å². The minimum atomic E-state index is -0.248. The highest BCUT2D eigenvalue weighted by atomic mass is 19.1. The van der Waals surface area contributed by atoms with Crippen LogP contribution in [0, 0.1) is 12.7 Å². The van der Waals surface area contributed by atoms with Crippen molar-refractivity contribution < 1.29 is 4.39 Å². The summed E-state index contributed by atoms with van der Waals surface area (Å²) in [4.78, 5) is 3.93. The Labute approximate surface area is 87.6 Å². The Balaban J connectivity index is 2.54. The van der Waals surface area contributed by atoms with Crippen molar-refractivity contribution in [2.45, 2.75) is 6.92 Å². The molecule has 2 nitrogen and oxygen atoms in total. The normalized spacial score (nSPS) is 10.3. The predicted molar refractivity (Wildman–Crippen MR) is 58.8 cm³/mol. The van der Waals surface area contributed by atoms with Crippen molar-refractivity contribution in [2.75, 3.05) is 5.73 Å². The highest BCUT2D eigenvalue weighted by molar-refractivity contribution is 5.66. The van der Waals surface area contributed by atoms with E-state index < -0.39 is 0 Å². The molecule has 1 aromatic carbocycles. The molecule has 0 atom stereocenters. The Hall–Kier alpha value is -1.90. The van der Waals surface area contributed by atoms with E-state index in [0.717, 1.165) is 5.56 Å². The van der Waals surface area contributed by atoms with Crippen molar-refractivity contribution in [3.8, 4) is 11.1 Å². The zero-order chi connectivity index (χ0) is 10.8. The lowest BCUT2D eigenvalue weighted by Gasteiger charge is -2.04. The lowest BCUT2D eigenvalue weighted by atomic mass is 10.1. The molecule has 1 aromatic heterocycles. The SMILES string of the molecule is Cc1ccc(-c2cncc(N)c2)c(F)c1. The van der Waals surface area contributed by atoms with E-state index >= 15 is 0 Å². The molecule has 0 aliphatic heterocycles. The van der Waals surface area contributed by atoms with Crippen molar-refractivity contribution in [1.29, 1.82) is 0 Å². The van der Waals surface area contributed by atoms with Gasteiger partial charge in [-0.25, -0.2) is 4.39 Å². The molecular weight excluding hydrogens is 191 g/mol. The van der Waals surface area contributed by atoms with Crippen LogP contribution < -0.4 is 5.73 Å². The smallest absolute Gasteiger partial charge is 0.131 e. The van der Waals surface area contributed by atoms with Crippen LogP contribution in [0.2, 0.25) is 0 Å². The van der Waals surface area contributed by atoms with Crippen LogP contribution in [0.25, 0.3) is 11.1 Å². The van der Waals surface area contributed by atoms with Crippen molar-refractivity contribution in [2.24, 2.45) is 0 Å². The van der Waals surface area contributed by atoms with Crippen LogP contribution >= 0.6 is 0 Å². The fourth-order valence-corrected chi connectivity index (χ4v) is 1.46. The van der Waals surface area contributed by atoms with Crippen LogP contribution in [0.5, 0.6) is 0 Å². The van der Waals surface area contributed by atoms with E-state index in [-0.39, 0.29) is 5.82 Å². The maximum atomic E-state index is 13.6. The van der Waals surface area contributed by atoms with Gasteiger partial charge in [0.15, 0.2) is 0 Å². The predicted octanol–water partition coefficient (Wildman–Crippen LogP) is 2.78. The first kappa shape index (κ1) is 9.65. The Kier molecular flexibility index (Phi) is 2.37. The van der Waals surface area contributed by atoms with Gasteiger partial charge in [-0.1, -0.05) is 12.1 Å². The first-order valence-corrected chi connectivity index (χ1v) is 4.64. The van der Waals surface area contributed by atoms with Gasteiger partial charge in [0.1, 0.15) is 5.82 Å². The van der Waals surface area contributed by atoms with Crippen LogP contribution in [0.3, 0.4) is 0 Å². The highest BCUT2D eigenvalue weighted by Crippen LogP contribution is 2.23. The molecule has 0 unspecified atom stereocenters. The number of hydrogen-bond donors (Lipinski definition) is 1. The number of anilines is 1. The molecular formula is C12H11FN2. The van der Waals surface area contributed by atoms with E-state index in [1.165, 1.54) is 12.3 Å². The number of rotatable bonds is 1. The number of nitrogen functional groups attached to an aromatic ring is 1. The Bertz CT molecular complexity index is 495. The van der Waals surface area contributed by atoms with Gasteiger partial charge in [-0.05, 0) is 24.6 Å². The van der Waals surface area contributed by atoms with Crippen molar-refractivity contribution >= 4 is 5.69 Å². The molecule has 0 spiro atoms. The van der Waals surface area contributed by atoms with Crippen LogP contribution in [-0.2, 0) is 0 Å². The molecule has 0 bridgehead atoms. The van der Waals surface area contributed by atoms with Gasteiger partial charge in [-0.3, -0.25) is 4.98 Å². The molecule has 0 saturated heterocycles. The number of nitrogens with two attached hydrogens (primary N) is 1. The van der Waals surface area contributed by atoms with E-state index in [9.17, 15) is 4.39 Å². The van der Waals surface area contributed by atoms with Crippen molar-refractivity contribution in [3.63, 3.8) is 0 Å². The van der Waals surface area contributed by atoms with E-state index in [2.05, 4.69) is 4.98 Å². The third-order valence-electron chi connectivity index (χ3n) is 2.19. The second-order valence-electron chi connectivity index (χ2n) is 3.49. The summed E-state index contributed by atoms with van der Waals surface area (Å²) >= 11 is 0. The van der Waals surface area contributed by atoms with Crippen molar-refractivity contribution in [3.05, 3.63) is 48.0 Å². The van der Waals surface area contributed by atoms with E-state index in [1.807, 2.05) is 13.0 Å². The van der Waals surface area contributed by atoms with Gasteiger partial charge in [0.25, 0.3) is 0 Å². The van der Waals surface area contributed by atoms with Gasteiger partial charge >= 0.3 is 0 Å². The quantitative estimate of drug-likeness (QED) is 0.772. The van der Waals surface area contributed by atoms with E-state index in [0.29, 0.717) is 16.8 Å². The molecule has 0 aliphatic carbocycles. The number of hydrogen-bond acceptors (Lipinski definition) is 2. The molecule has 15 heavy (non-hydrogen) atoms. The minimum Gasteiger partial charge on any atom is -0.397 e. The largest absolute Gasteiger partial charge is 0.397 e. The second kappa shape index (κ2) is 3.69. The van der Waals surface area contributed by atoms with Gasteiger partial charge in [-0.15, -0.1) is 0 Å². The Morgan fingerprint density at radius 2 is 2.00 bits per heavy atom. The molecule has 0 saturated carbocycles. The molecule has 0 aliphatic rings. The fourth-order valence-electron chi connectivity index (χ4n) is 1.46. The fraction of sp³-hybridized carbons (Fsp3) is 0.0833. The van der Waals surface area contributed by atoms with Gasteiger partial charge < -0.3 is 5.73 Å². The van der Waals surface area contributed by atoms with Crippen LogP contribution in [0.15, 0.2) is 36.7 Å². The van der Waals surface area contributed by atoms with Crippen LogP contribution in [0.1, 0.15) is 5.56 Å². The molecule has 0 fully saturated rings. The van der Waals surface area contributed by atoms with Crippen LogP contribution in [-0.4, -0.2) is 4.98 Å². The summed E-state index contributed by atoms with van der Waals surface area (Å²) in [7, 11) is 0. The number of nitrogens with zero attached hydrogens (tertiary/aromatic N) is 1. The first-order chi connectivity index (χ1) is 7.16. The molecule has 2 rings (SSSR count). The number of aryl methyl sites for hydroxylation is 1. The molecule has 2 N–H and O–H groups in total. The average molecular weight is 202 g/mol. The summed E-state index contributed by atoms with van der Waals surface area (Å²) in [5.74, 6) is -0.248. The zero-order valence-electron chi connectivity index (χ0n) is 8.37. The highest BCUT2D eigenvalue weighted by Gasteiger charge is 2.05. The van der Waals surface area contributed by atoms with Crippen LogP contribution in [0.4, 0.5) is 10.1 Å². The third kappa shape index (κ3) is 1.96. The molecule has 3 heteroatoms. The van der Waals surface area contributed by atoms with Gasteiger partial charge in [0.05, 0.1) is 5.69 Å². The maximum Gasteiger partial charge on any atom is 0.131 e. The zero-order valence-corrected chi connectivity index (χ0v) is 8.37. The Morgan fingerprint density at radius 3 is 2.67 bits per heavy atom. The molecule has 76 valence electrons. The number of benzene rings is 1. The maximum absolute atomic E-state index is 13.6. The lowest BCUT2D eigenvalue weighted by Crippen LogP contribution is -1.90. The summed E-state index contributed by atoms with van der Waals surface area (Å²) in [6.45, 7) is 1.85.